The standard InChI is InChI=1S/C36H52O3/c1-24(2)27-21-32(39-33(37)22-27)25(3)29-16-17-30-31-15-14-28-13-9-10-18-35(28,5)36(31,20-19-34(29,30)4)38-23-26-11-7-6-8-12-26/h6-8,11-12,16,24-25,27-28,30-32H,9-10,13-15,17-23H2,1-5H3. The second kappa shape index (κ2) is 10.3. The number of esters is 1. The van der Waals surface area contributed by atoms with Crippen molar-refractivity contribution in [2.24, 2.45) is 46.3 Å². The molecule has 4 aliphatic carbocycles. The molecule has 1 saturated heterocycles. The van der Waals surface area contributed by atoms with Gasteiger partial charge in [0.1, 0.15) is 6.10 Å². The molecule has 0 amide bonds. The largest absolute Gasteiger partial charge is 0.462 e. The van der Waals surface area contributed by atoms with Gasteiger partial charge in [0.15, 0.2) is 0 Å². The molecule has 39 heavy (non-hydrogen) atoms. The lowest BCUT2D eigenvalue weighted by Gasteiger charge is -2.67. The average molecular weight is 533 g/mol. The zero-order valence-electron chi connectivity index (χ0n) is 25.2. The van der Waals surface area contributed by atoms with Gasteiger partial charge in [-0.3, -0.25) is 4.79 Å². The van der Waals surface area contributed by atoms with E-state index in [-0.39, 0.29) is 28.5 Å². The third kappa shape index (κ3) is 4.45. The molecule has 0 spiro atoms. The van der Waals surface area contributed by atoms with Crippen LogP contribution in [0.2, 0.25) is 0 Å². The lowest BCUT2D eigenvalue weighted by Crippen LogP contribution is -2.66. The summed E-state index contributed by atoms with van der Waals surface area (Å²) in [6, 6.07) is 10.9. The van der Waals surface area contributed by atoms with Crippen molar-refractivity contribution in [2.75, 3.05) is 0 Å². The Bertz CT molecular complexity index is 1080. The lowest BCUT2D eigenvalue weighted by molar-refractivity contribution is -0.261. The van der Waals surface area contributed by atoms with Crippen LogP contribution in [0.1, 0.15) is 111 Å². The molecule has 3 heteroatoms. The fourth-order valence-corrected chi connectivity index (χ4v) is 10.5. The average Bonchev–Trinajstić information content (AvgIpc) is 3.28. The van der Waals surface area contributed by atoms with Crippen molar-refractivity contribution < 1.29 is 14.3 Å². The second-order valence-electron chi connectivity index (χ2n) is 14.9. The SMILES string of the molecule is CC(C)C1CC(=O)OC(C(C)C2=CCC3C4CCC5CCCCC5(C)C4(OCc4ccccc4)CCC23C)C1. The Morgan fingerprint density at radius 2 is 1.77 bits per heavy atom. The summed E-state index contributed by atoms with van der Waals surface area (Å²) >= 11 is 0. The molecule has 1 aromatic rings. The molecule has 3 nitrogen and oxygen atoms in total. The maximum atomic E-state index is 12.6. The maximum absolute atomic E-state index is 12.6. The molecule has 1 aliphatic heterocycles. The van der Waals surface area contributed by atoms with E-state index in [1.807, 2.05) is 0 Å². The number of carbonyl (C=O) groups is 1. The summed E-state index contributed by atoms with van der Waals surface area (Å²) in [6.45, 7) is 12.8. The van der Waals surface area contributed by atoms with Gasteiger partial charge in [0.2, 0.25) is 0 Å². The van der Waals surface area contributed by atoms with Crippen molar-refractivity contribution in [2.45, 2.75) is 124 Å². The van der Waals surface area contributed by atoms with Crippen LogP contribution in [-0.4, -0.2) is 17.7 Å². The van der Waals surface area contributed by atoms with E-state index in [4.69, 9.17) is 9.47 Å². The number of fused-ring (bicyclic) bond motifs is 5. The van der Waals surface area contributed by atoms with E-state index < -0.39 is 0 Å². The van der Waals surface area contributed by atoms with Gasteiger partial charge >= 0.3 is 5.97 Å². The van der Waals surface area contributed by atoms with Crippen molar-refractivity contribution in [1.29, 1.82) is 0 Å². The van der Waals surface area contributed by atoms with E-state index in [0.717, 1.165) is 31.8 Å². The number of carbonyl (C=O) groups excluding carboxylic acids is 1. The first-order valence-corrected chi connectivity index (χ1v) is 16.3. The number of hydrogen-bond donors (Lipinski definition) is 0. The highest BCUT2D eigenvalue weighted by Crippen LogP contribution is 2.70. The summed E-state index contributed by atoms with van der Waals surface area (Å²) in [6.07, 6.45) is 15.8. The van der Waals surface area contributed by atoms with Gasteiger partial charge in [0.25, 0.3) is 0 Å². The fourth-order valence-electron chi connectivity index (χ4n) is 10.5. The number of allylic oxidation sites excluding steroid dienone is 1. The van der Waals surface area contributed by atoms with Crippen LogP contribution < -0.4 is 0 Å². The smallest absolute Gasteiger partial charge is 0.306 e. The molecule has 1 aromatic carbocycles. The first-order chi connectivity index (χ1) is 18.7. The second-order valence-corrected chi connectivity index (χ2v) is 14.9. The molecule has 6 rings (SSSR count). The molecule has 214 valence electrons. The Labute approximate surface area is 237 Å². The van der Waals surface area contributed by atoms with Crippen LogP contribution in [0, 0.1) is 46.3 Å². The molecule has 0 N–H and O–H groups in total. The van der Waals surface area contributed by atoms with E-state index >= 15 is 0 Å². The van der Waals surface area contributed by atoms with Crippen LogP contribution >= 0.6 is 0 Å². The van der Waals surface area contributed by atoms with E-state index in [1.165, 1.54) is 50.5 Å². The van der Waals surface area contributed by atoms with Gasteiger partial charge in [-0.15, -0.1) is 0 Å². The highest BCUT2D eigenvalue weighted by Gasteiger charge is 2.67. The maximum Gasteiger partial charge on any atom is 0.306 e. The molecule has 3 saturated carbocycles. The molecule has 0 aromatic heterocycles. The van der Waals surface area contributed by atoms with Crippen LogP contribution in [0.4, 0.5) is 0 Å². The van der Waals surface area contributed by atoms with Gasteiger partial charge in [0, 0.05) is 12.3 Å². The molecule has 1 heterocycles. The molecule has 9 atom stereocenters. The summed E-state index contributed by atoms with van der Waals surface area (Å²) in [4.78, 5) is 12.6. The van der Waals surface area contributed by atoms with E-state index in [2.05, 4.69) is 71.0 Å². The van der Waals surface area contributed by atoms with Gasteiger partial charge in [-0.25, -0.2) is 0 Å². The first-order valence-electron chi connectivity index (χ1n) is 16.3. The summed E-state index contributed by atoms with van der Waals surface area (Å²) in [5.74, 6) is 3.29. The lowest BCUT2D eigenvalue weighted by atomic mass is 9.42. The third-order valence-electron chi connectivity index (χ3n) is 12.9. The predicted octanol–water partition coefficient (Wildman–Crippen LogP) is 8.91. The molecule has 0 radical (unpaired) electrons. The number of benzene rings is 1. The Balaban J connectivity index is 1.29. The number of rotatable bonds is 6. The molecule has 0 bridgehead atoms. The Hall–Kier alpha value is -1.61. The topological polar surface area (TPSA) is 35.5 Å². The first kappa shape index (κ1) is 27.6. The van der Waals surface area contributed by atoms with Gasteiger partial charge in [0.05, 0.1) is 12.2 Å². The van der Waals surface area contributed by atoms with Crippen LogP contribution in [0.5, 0.6) is 0 Å². The molecule has 9 unspecified atom stereocenters. The van der Waals surface area contributed by atoms with Gasteiger partial charge in [-0.1, -0.05) is 89.4 Å². The van der Waals surface area contributed by atoms with Gasteiger partial charge in [-0.2, -0.15) is 0 Å². The monoisotopic (exact) mass is 532 g/mol. The van der Waals surface area contributed by atoms with Crippen molar-refractivity contribution in [1.82, 2.24) is 0 Å². The summed E-state index contributed by atoms with van der Waals surface area (Å²) < 4.78 is 13.4. The highest BCUT2D eigenvalue weighted by atomic mass is 16.5. The van der Waals surface area contributed by atoms with Crippen molar-refractivity contribution in [3.8, 4) is 0 Å². The highest BCUT2D eigenvalue weighted by molar-refractivity contribution is 5.70. The number of hydrogen-bond acceptors (Lipinski definition) is 3. The summed E-state index contributed by atoms with van der Waals surface area (Å²) in [5.41, 5.74) is 3.30. The summed E-state index contributed by atoms with van der Waals surface area (Å²) in [7, 11) is 0. The van der Waals surface area contributed by atoms with Gasteiger partial charge < -0.3 is 9.47 Å². The van der Waals surface area contributed by atoms with Crippen LogP contribution in [-0.2, 0) is 20.9 Å². The predicted molar refractivity (Wildman–Crippen MR) is 157 cm³/mol. The number of ether oxygens (including phenoxy) is 2. The van der Waals surface area contributed by atoms with Gasteiger partial charge in [-0.05, 0) is 97.3 Å². The third-order valence-corrected chi connectivity index (χ3v) is 12.9. The van der Waals surface area contributed by atoms with E-state index in [1.54, 1.807) is 5.57 Å². The molecule has 4 fully saturated rings. The van der Waals surface area contributed by atoms with Crippen LogP contribution in [0.3, 0.4) is 0 Å². The Kier molecular flexibility index (Phi) is 7.31. The fraction of sp³-hybridized carbons (Fsp3) is 0.750. The van der Waals surface area contributed by atoms with Crippen molar-refractivity contribution in [3.05, 3.63) is 47.5 Å². The van der Waals surface area contributed by atoms with Crippen molar-refractivity contribution in [3.63, 3.8) is 0 Å². The zero-order valence-corrected chi connectivity index (χ0v) is 25.2. The van der Waals surface area contributed by atoms with Crippen LogP contribution in [0.15, 0.2) is 42.0 Å². The Morgan fingerprint density at radius 3 is 2.54 bits per heavy atom. The quantitative estimate of drug-likeness (QED) is 0.271. The summed E-state index contributed by atoms with van der Waals surface area (Å²) in [5, 5.41) is 0. The minimum absolute atomic E-state index is 0.0117. The van der Waals surface area contributed by atoms with Crippen LogP contribution in [0.25, 0.3) is 0 Å². The zero-order chi connectivity index (χ0) is 27.4. The van der Waals surface area contributed by atoms with E-state index in [9.17, 15) is 4.79 Å². The number of cyclic esters (lactones) is 1. The van der Waals surface area contributed by atoms with Crippen molar-refractivity contribution >= 4 is 5.97 Å². The normalized spacial score (nSPS) is 42.7. The molecule has 5 aliphatic rings. The minimum atomic E-state index is -0.0388. The Morgan fingerprint density at radius 1 is 0.974 bits per heavy atom. The molecular formula is C36H52O3. The van der Waals surface area contributed by atoms with E-state index in [0.29, 0.717) is 36.0 Å². The molecular weight excluding hydrogens is 480 g/mol. The minimum Gasteiger partial charge on any atom is -0.462 e.